The van der Waals surface area contributed by atoms with Crippen LogP contribution in [0.15, 0.2) is 18.2 Å². The first kappa shape index (κ1) is 23.9. The predicted molar refractivity (Wildman–Crippen MR) is 117 cm³/mol. The minimum Gasteiger partial charge on any atom is -0.493 e. The van der Waals surface area contributed by atoms with E-state index in [0.717, 1.165) is 38.3 Å². The third-order valence-electron chi connectivity index (χ3n) is 5.53. The molecule has 1 unspecified atom stereocenters. The molecule has 0 bridgehead atoms. The van der Waals surface area contributed by atoms with Crippen molar-refractivity contribution in [2.75, 3.05) is 47.1 Å². The van der Waals surface area contributed by atoms with Gasteiger partial charge in [0, 0.05) is 32.3 Å². The highest BCUT2D eigenvalue weighted by Crippen LogP contribution is 2.28. The number of benzene rings is 1. The molecule has 1 atom stereocenters. The van der Waals surface area contributed by atoms with Crippen LogP contribution in [0, 0.1) is 0 Å². The van der Waals surface area contributed by atoms with E-state index in [1.54, 1.807) is 7.11 Å². The first-order valence-electron chi connectivity index (χ1n) is 11.1. The average molecular weight is 409 g/mol. The number of aliphatic hydroxyl groups excluding tert-OH is 1. The molecule has 0 spiro atoms. The highest BCUT2D eigenvalue weighted by atomic mass is 16.5. The van der Waals surface area contributed by atoms with Crippen molar-refractivity contribution >= 4 is 0 Å². The highest BCUT2D eigenvalue weighted by molar-refractivity contribution is 5.43. The van der Waals surface area contributed by atoms with E-state index in [-0.39, 0.29) is 6.61 Å². The second-order valence-corrected chi connectivity index (χ2v) is 7.91. The van der Waals surface area contributed by atoms with Crippen LogP contribution in [0.5, 0.6) is 11.5 Å². The Bertz CT molecular complexity index is 564. The average Bonchev–Trinajstić information content (AvgIpc) is 2.75. The largest absolute Gasteiger partial charge is 0.493 e. The normalized spacial score (nSPS) is 16.2. The minimum atomic E-state index is -0.515. The molecule has 1 fully saturated rings. The van der Waals surface area contributed by atoms with E-state index in [4.69, 9.17) is 14.2 Å². The van der Waals surface area contributed by atoms with E-state index in [2.05, 4.69) is 17.3 Å². The molecular formula is C23H40N2O4. The molecule has 1 saturated carbocycles. The summed E-state index contributed by atoms with van der Waals surface area (Å²) in [5.74, 6) is 1.37. The zero-order chi connectivity index (χ0) is 20.9. The Morgan fingerprint density at radius 1 is 1.21 bits per heavy atom. The fraction of sp³-hybridized carbons (Fsp3) is 0.739. The maximum atomic E-state index is 10.4. The van der Waals surface area contributed by atoms with E-state index in [9.17, 15) is 5.11 Å². The van der Waals surface area contributed by atoms with Crippen LogP contribution in [0.4, 0.5) is 0 Å². The first-order chi connectivity index (χ1) is 14.1. The monoisotopic (exact) mass is 408 g/mol. The van der Waals surface area contributed by atoms with Gasteiger partial charge in [0.25, 0.3) is 0 Å². The summed E-state index contributed by atoms with van der Waals surface area (Å²) in [6.45, 7) is 6.16. The summed E-state index contributed by atoms with van der Waals surface area (Å²) >= 11 is 0. The summed E-state index contributed by atoms with van der Waals surface area (Å²) in [7, 11) is 3.75. The van der Waals surface area contributed by atoms with Crippen LogP contribution in [-0.4, -0.2) is 69.2 Å². The van der Waals surface area contributed by atoms with Crippen molar-refractivity contribution in [1.29, 1.82) is 0 Å². The Labute approximate surface area is 176 Å². The molecule has 1 aliphatic rings. The highest BCUT2D eigenvalue weighted by Gasteiger charge is 2.20. The smallest absolute Gasteiger partial charge is 0.161 e. The topological polar surface area (TPSA) is 63.2 Å². The lowest BCUT2D eigenvalue weighted by Gasteiger charge is -2.32. The third kappa shape index (κ3) is 8.91. The van der Waals surface area contributed by atoms with E-state index in [0.29, 0.717) is 24.1 Å². The molecular weight excluding hydrogens is 368 g/mol. The van der Waals surface area contributed by atoms with Gasteiger partial charge in [0.2, 0.25) is 0 Å². The van der Waals surface area contributed by atoms with Crippen LogP contribution in [0.2, 0.25) is 0 Å². The molecule has 1 aliphatic carbocycles. The number of nitrogens with zero attached hydrogens (tertiary/aromatic N) is 1. The standard InChI is InChI=1S/C23H40N2O4/c1-4-28-14-8-13-24-16-19-11-12-22(23(15-19)27-3)29-18-21(26)17-25(2)20-9-6-5-7-10-20/h11-12,15,20-21,24,26H,4-10,13-14,16-18H2,1-3H3. The van der Waals surface area contributed by atoms with E-state index in [1.807, 2.05) is 25.1 Å². The molecule has 0 radical (unpaired) electrons. The van der Waals surface area contributed by atoms with Gasteiger partial charge in [-0.15, -0.1) is 0 Å². The molecule has 29 heavy (non-hydrogen) atoms. The van der Waals surface area contributed by atoms with Gasteiger partial charge in [0.15, 0.2) is 11.5 Å². The van der Waals surface area contributed by atoms with Gasteiger partial charge >= 0.3 is 0 Å². The second-order valence-electron chi connectivity index (χ2n) is 7.91. The summed E-state index contributed by atoms with van der Waals surface area (Å²) < 4.78 is 16.7. The van der Waals surface area contributed by atoms with Crippen LogP contribution in [0.25, 0.3) is 0 Å². The predicted octanol–water partition coefficient (Wildman–Crippen LogP) is 3.22. The molecule has 166 valence electrons. The second kappa shape index (κ2) is 13.8. The van der Waals surface area contributed by atoms with Crippen molar-refractivity contribution in [3.8, 4) is 11.5 Å². The first-order valence-corrected chi connectivity index (χ1v) is 11.1. The van der Waals surface area contributed by atoms with Gasteiger partial charge in [0.05, 0.1) is 7.11 Å². The summed E-state index contributed by atoms with van der Waals surface area (Å²) in [5.41, 5.74) is 1.14. The summed E-state index contributed by atoms with van der Waals surface area (Å²) in [4.78, 5) is 2.28. The zero-order valence-corrected chi connectivity index (χ0v) is 18.5. The molecule has 6 nitrogen and oxygen atoms in total. The molecule has 0 amide bonds. The van der Waals surface area contributed by atoms with Crippen LogP contribution in [-0.2, 0) is 11.3 Å². The lowest BCUT2D eigenvalue weighted by Crippen LogP contribution is -2.40. The van der Waals surface area contributed by atoms with Gasteiger partial charge in [-0.05, 0) is 57.5 Å². The van der Waals surface area contributed by atoms with Gasteiger partial charge in [-0.3, -0.25) is 0 Å². The number of methoxy groups -OCH3 is 1. The van der Waals surface area contributed by atoms with Gasteiger partial charge in [0.1, 0.15) is 12.7 Å². The fourth-order valence-electron chi connectivity index (χ4n) is 3.86. The number of ether oxygens (including phenoxy) is 3. The summed E-state index contributed by atoms with van der Waals surface area (Å²) in [5, 5.41) is 13.8. The van der Waals surface area contributed by atoms with Crippen molar-refractivity contribution in [3.63, 3.8) is 0 Å². The number of hydrogen-bond acceptors (Lipinski definition) is 6. The Morgan fingerprint density at radius 3 is 2.72 bits per heavy atom. The third-order valence-corrected chi connectivity index (χ3v) is 5.53. The van der Waals surface area contributed by atoms with E-state index in [1.165, 1.54) is 32.1 Å². The maximum absolute atomic E-state index is 10.4. The van der Waals surface area contributed by atoms with Gasteiger partial charge in [-0.1, -0.05) is 25.3 Å². The summed E-state index contributed by atoms with van der Waals surface area (Å²) in [6, 6.07) is 6.54. The Kier molecular flexibility index (Phi) is 11.4. The molecule has 0 aliphatic heterocycles. The van der Waals surface area contributed by atoms with Crippen molar-refractivity contribution in [3.05, 3.63) is 23.8 Å². The van der Waals surface area contributed by atoms with Crippen molar-refractivity contribution in [1.82, 2.24) is 10.2 Å². The molecule has 0 saturated heterocycles. The maximum Gasteiger partial charge on any atom is 0.161 e. The van der Waals surface area contributed by atoms with Crippen LogP contribution < -0.4 is 14.8 Å². The molecule has 6 heteroatoms. The molecule has 1 aromatic rings. The number of hydrogen-bond donors (Lipinski definition) is 2. The number of aliphatic hydroxyl groups is 1. The molecule has 1 aromatic carbocycles. The van der Waals surface area contributed by atoms with Crippen LogP contribution in [0.1, 0.15) is 51.0 Å². The van der Waals surface area contributed by atoms with Crippen LogP contribution in [0.3, 0.4) is 0 Å². The Hall–Kier alpha value is -1.34. The van der Waals surface area contributed by atoms with Crippen molar-refractivity contribution in [2.24, 2.45) is 0 Å². The minimum absolute atomic E-state index is 0.266. The Morgan fingerprint density at radius 2 is 2.00 bits per heavy atom. The van der Waals surface area contributed by atoms with Gasteiger partial charge in [-0.25, -0.2) is 0 Å². The van der Waals surface area contributed by atoms with Crippen molar-refractivity contribution in [2.45, 2.75) is 64.1 Å². The molecule has 0 aromatic heterocycles. The van der Waals surface area contributed by atoms with Crippen molar-refractivity contribution < 1.29 is 19.3 Å². The van der Waals surface area contributed by atoms with Gasteiger partial charge < -0.3 is 29.5 Å². The zero-order valence-electron chi connectivity index (χ0n) is 18.5. The Balaban J connectivity index is 1.74. The fourth-order valence-corrected chi connectivity index (χ4v) is 3.86. The molecule has 2 N–H and O–H groups in total. The number of rotatable bonds is 14. The summed E-state index contributed by atoms with van der Waals surface area (Å²) in [6.07, 6.45) is 6.89. The SMILES string of the molecule is CCOCCCNCc1ccc(OCC(O)CN(C)C2CCCCC2)c(OC)c1. The lowest BCUT2D eigenvalue weighted by atomic mass is 9.94. The van der Waals surface area contributed by atoms with Crippen LogP contribution >= 0.6 is 0 Å². The number of likely N-dealkylation sites (N-methyl/N-ethyl adjacent to an activating group) is 1. The number of nitrogens with one attached hydrogen (secondary N) is 1. The molecule has 0 heterocycles. The van der Waals surface area contributed by atoms with E-state index < -0.39 is 6.10 Å². The quantitative estimate of drug-likeness (QED) is 0.461. The molecule has 2 rings (SSSR count). The van der Waals surface area contributed by atoms with E-state index >= 15 is 0 Å². The van der Waals surface area contributed by atoms with Gasteiger partial charge in [-0.2, -0.15) is 0 Å². The lowest BCUT2D eigenvalue weighted by molar-refractivity contribution is 0.0553.